The number of aryl methyl sites for hydroxylation is 2. The summed E-state index contributed by atoms with van der Waals surface area (Å²) < 4.78 is 7.13. The van der Waals surface area contributed by atoms with Gasteiger partial charge in [-0.2, -0.15) is 0 Å². The Morgan fingerprint density at radius 2 is 1.88 bits per heavy atom. The lowest BCUT2D eigenvalue weighted by molar-refractivity contribution is -0.143. The maximum Gasteiger partial charge on any atom is 0.307 e. The van der Waals surface area contributed by atoms with Crippen molar-refractivity contribution in [3.63, 3.8) is 0 Å². The molecule has 0 N–H and O–H groups in total. The lowest BCUT2D eigenvalue weighted by Gasteiger charge is -2.22. The number of carbonyl (C=O) groups excluding carboxylic acids is 2. The van der Waals surface area contributed by atoms with Crippen molar-refractivity contribution in [3.05, 3.63) is 35.5 Å². The van der Waals surface area contributed by atoms with Crippen molar-refractivity contribution in [1.82, 2.24) is 9.47 Å². The number of fused-ring (bicyclic) bond motifs is 1. The highest BCUT2D eigenvalue weighted by atomic mass is 16.5. The average molecular weight is 358 g/mol. The van der Waals surface area contributed by atoms with Crippen LogP contribution in [0, 0.1) is 6.92 Å². The number of esters is 1. The standard InChI is InChI=1S/C21H30N2O3/c1-5-8-14-23-18-12-10-9-11-17(18)16(4)20(23)21(25)22(6-2)15-13-19(24)26-7-3/h9-12H,5-8,13-15H2,1-4H3. The van der Waals surface area contributed by atoms with Gasteiger partial charge < -0.3 is 14.2 Å². The number of hydrogen-bond acceptors (Lipinski definition) is 3. The molecule has 0 atom stereocenters. The van der Waals surface area contributed by atoms with E-state index in [2.05, 4.69) is 23.6 Å². The molecular formula is C21H30N2O3. The zero-order valence-corrected chi connectivity index (χ0v) is 16.4. The number of unbranched alkanes of at least 4 members (excludes halogenated alkanes) is 1. The molecular weight excluding hydrogens is 328 g/mol. The van der Waals surface area contributed by atoms with E-state index in [1.165, 1.54) is 0 Å². The summed E-state index contributed by atoms with van der Waals surface area (Å²) in [6.07, 6.45) is 2.31. The number of para-hydroxylation sites is 1. The molecule has 0 fully saturated rings. The predicted octanol–water partition coefficient (Wildman–Crippen LogP) is 4.17. The quantitative estimate of drug-likeness (QED) is 0.632. The van der Waals surface area contributed by atoms with Gasteiger partial charge >= 0.3 is 5.97 Å². The molecule has 0 aliphatic rings. The van der Waals surface area contributed by atoms with Crippen LogP contribution in [0.2, 0.25) is 0 Å². The first-order chi connectivity index (χ1) is 12.5. The van der Waals surface area contributed by atoms with Crippen LogP contribution in [0.3, 0.4) is 0 Å². The molecule has 0 aliphatic carbocycles. The molecule has 1 heterocycles. The maximum atomic E-state index is 13.3. The summed E-state index contributed by atoms with van der Waals surface area (Å²) >= 11 is 0. The Balaban J connectivity index is 2.35. The fraction of sp³-hybridized carbons (Fsp3) is 0.524. The molecule has 0 bridgehead atoms. The summed E-state index contributed by atoms with van der Waals surface area (Å²) in [6.45, 7) is 10.0. The van der Waals surface area contributed by atoms with Crippen LogP contribution in [0.25, 0.3) is 10.9 Å². The third kappa shape index (κ3) is 4.26. The van der Waals surface area contributed by atoms with Crippen LogP contribution in [0.5, 0.6) is 0 Å². The van der Waals surface area contributed by atoms with Gasteiger partial charge in [-0.05, 0) is 38.8 Å². The Morgan fingerprint density at radius 3 is 2.54 bits per heavy atom. The predicted molar refractivity (Wildman–Crippen MR) is 104 cm³/mol. The Morgan fingerprint density at radius 1 is 1.15 bits per heavy atom. The highest BCUT2D eigenvalue weighted by molar-refractivity contribution is 6.01. The number of amides is 1. The molecule has 1 aromatic heterocycles. The minimum Gasteiger partial charge on any atom is -0.466 e. The van der Waals surface area contributed by atoms with E-state index in [0.29, 0.717) is 19.7 Å². The van der Waals surface area contributed by atoms with Gasteiger partial charge in [0.05, 0.1) is 13.0 Å². The highest BCUT2D eigenvalue weighted by Crippen LogP contribution is 2.27. The van der Waals surface area contributed by atoms with E-state index in [0.717, 1.165) is 41.5 Å². The summed E-state index contributed by atoms with van der Waals surface area (Å²) in [7, 11) is 0. The Labute approximate surface area is 155 Å². The largest absolute Gasteiger partial charge is 0.466 e. The molecule has 142 valence electrons. The van der Waals surface area contributed by atoms with Gasteiger partial charge in [-0.15, -0.1) is 0 Å². The van der Waals surface area contributed by atoms with Crippen LogP contribution in [0.1, 0.15) is 56.1 Å². The van der Waals surface area contributed by atoms with Crippen LogP contribution < -0.4 is 0 Å². The molecule has 0 aliphatic heterocycles. The molecule has 0 spiro atoms. The van der Waals surface area contributed by atoms with Crippen LogP contribution >= 0.6 is 0 Å². The van der Waals surface area contributed by atoms with Gasteiger partial charge in [0.15, 0.2) is 0 Å². The molecule has 2 aromatic rings. The summed E-state index contributed by atoms with van der Waals surface area (Å²) in [5.41, 5.74) is 2.85. The van der Waals surface area contributed by atoms with Crippen molar-refractivity contribution in [2.24, 2.45) is 0 Å². The second kappa shape index (κ2) is 9.41. The number of aromatic nitrogens is 1. The van der Waals surface area contributed by atoms with Gasteiger partial charge in [-0.1, -0.05) is 31.5 Å². The molecule has 0 radical (unpaired) electrons. The second-order valence-corrected chi connectivity index (χ2v) is 6.44. The molecule has 0 saturated heterocycles. The van der Waals surface area contributed by atoms with E-state index in [9.17, 15) is 9.59 Å². The van der Waals surface area contributed by atoms with Gasteiger partial charge in [0, 0.05) is 30.5 Å². The van der Waals surface area contributed by atoms with Crippen molar-refractivity contribution < 1.29 is 14.3 Å². The Bertz CT molecular complexity index is 764. The minimum absolute atomic E-state index is 0.0124. The van der Waals surface area contributed by atoms with Crippen LogP contribution in [0.15, 0.2) is 24.3 Å². The van der Waals surface area contributed by atoms with Crippen molar-refractivity contribution >= 4 is 22.8 Å². The van der Waals surface area contributed by atoms with E-state index in [1.807, 2.05) is 26.0 Å². The first-order valence-corrected chi connectivity index (χ1v) is 9.57. The minimum atomic E-state index is -0.262. The van der Waals surface area contributed by atoms with Crippen LogP contribution in [-0.4, -0.2) is 41.0 Å². The van der Waals surface area contributed by atoms with Crippen LogP contribution in [0.4, 0.5) is 0 Å². The SMILES string of the molecule is CCCCn1c(C(=O)N(CC)CCC(=O)OCC)c(C)c2ccccc21. The van der Waals surface area contributed by atoms with Gasteiger partial charge in [-0.25, -0.2) is 0 Å². The topological polar surface area (TPSA) is 51.5 Å². The van der Waals surface area contributed by atoms with Crippen molar-refractivity contribution in [2.75, 3.05) is 19.7 Å². The number of ether oxygens (including phenoxy) is 1. The smallest absolute Gasteiger partial charge is 0.307 e. The highest BCUT2D eigenvalue weighted by Gasteiger charge is 2.24. The molecule has 26 heavy (non-hydrogen) atoms. The fourth-order valence-electron chi connectivity index (χ4n) is 3.31. The normalized spacial score (nSPS) is 10.9. The van der Waals surface area contributed by atoms with Gasteiger partial charge in [0.1, 0.15) is 5.69 Å². The zero-order chi connectivity index (χ0) is 19.1. The molecule has 1 aromatic carbocycles. The lowest BCUT2D eigenvalue weighted by atomic mass is 10.1. The summed E-state index contributed by atoms with van der Waals surface area (Å²) in [5, 5.41) is 1.12. The lowest BCUT2D eigenvalue weighted by Crippen LogP contribution is -2.35. The van der Waals surface area contributed by atoms with Crippen molar-refractivity contribution in [2.45, 2.75) is 53.5 Å². The van der Waals surface area contributed by atoms with Crippen LogP contribution in [-0.2, 0) is 16.1 Å². The van der Waals surface area contributed by atoms with Gasteiger partial charge in [0.2, 0.25) is 0 Å². The third-order valence-corrected chi connectivity index (χ3v) is 4.72. The summed E-state index contributed by atoms with van der Waals surface area (Å²) in [5.74, 6) is -0.274. The molecule has 0 saturated carbocycles. The summed E-state index contributed by atoms with van der Waals surface area (Å²) in [4.78, 5) is 26.7. The van der Waals surface area contributed by atoms with E-state index in [4.69, 9.17) is 4.74 Å². The van der Waals surface area contributed by atoms with E-state index in [1.54, 1.807) is 11.8 Å². The number of benzene rings is 1. The number of nitrogens with zero attached hydrogens (tertiary/aromatic N) is 2. The fourth-order valence-corrected chi connectivity index (χ4v) is 3.31. The molecule has 1 amide bonds. The number of rotatable bonds is 9. The van der Waals surface area contributed by atoms with Gasteiger partial charge in [0.25, 0.3) is 5.91 Å². The summed E-state index contributed by atoms with van der Waals surface area (Å²) in [6, 6.07) is 8.16. The average Bonchev–Trinajstić information content (AvgIpc) is 2.92. The van der Waals surface area contributed by atoms with E-state index >= 15 is 0 Å². The second-order valence-electron chi connectivity index (χ2n) is 6.44. The molecule has 0 unspecified atom stereocenters. The van der Waals surface area contributed by atoms with E-state index in [-0.39, 0.29) is 18.3 Å². The Kier molecular flexibility index (Phi) is 7.25. The van der Waals surface area contributed by atoms with Gasteiger partial charge in [-0.3, -0.25) is 9.59 Å². The molecule has 5 heteroatoms. The van der Waals surface area contributed by atoms with E-state index < -0.39 is 0 Å². The first-order valence-electron chi connectivity index (χ1n) is 9.57. The third-order valence-electron chi connectivity index (χ3n) is 4.72. The monoisotopic (exact) mass is 358 g/mol. The zero-order valence-electron chi connectivity index (χ0n) is 16.4. The van der Waals surface area contributed by atoms with Crippen molar-refractivity contribution in [1.29, 1.82) is 0 Å². The Hall–Kier alpha value is -2.30. The molecule has 5 nitrogen and oxygen atoms in total. The first kappa shape index (κ1) is 20.0. The maximum absolute atomic E-state index is 13.3. The number of hydrogen-bond donors (Lipinski definition) is 0. The number of carbonyl (C=O) groups is 2. The molecule has 2 rings (SSSR count). The van der Waals surface area contributed by atoms with Crippen molar-refractivity contribution in [3.8, 4) is 0 Å².